The van der Waals surface area contributed by atoms with Gasteiger partial charge in [0.05, 0.1) is 0 Å². The Kier molecular flexibility index (Phi) is 5.57. The first kappa shape index (κ1) is 17.7. The fourth-order valence-corrected chi connectivity index (χ4v) is 3.50. The number of aryl methyl sites for hydroxylation is 3. The Balaban J connectivity index is 1.89. The molecule has 134 valence electrons. The molecule has 0 bridgehead atoms. The summed E-state index contributed by atoms with van der Waals surface area (Å²) >= 11 is 0. The molecule has 4 nitrogen and oxygen atoms in total. The van der Waals surface area contributed by atoms with Crippen molar-refractivity contribution in [3.05, 3.63) is 41.1 Å². The molecule has 0 saturated carbocycles. The van der Waals surface area contributed by atoms with E-state index in [2.05, 4.69) is 61.1 Å². The molecule has 1 aliphatic heterocycles. The first-order chi connectivity index (χ1) is 12.1. The van der Waals surface area contributed by atoms with Crippen LogP contribution in [-0.4, -0.2) is 23.1 Å². The van der Waals surface area contributed by atoms with Gasteiger partial charge in [-0.05, 0) is 49.7 Å². The van der Waals surface area contributed by atoms with E-state index in [0.717, 1.165) is 49.3 Å². The normalized spacial score (nSPS) is 15.4. The van der Waals surface area contributed by atoms with Crippen LogP contribution in [0.1, 0.15) is 50.4 Å². The average molecular weight is 338 g/mol. The minimum absolute atomic E-state index is 0.808. The molecule has 0 atom stereocenters. The van der Waals surface area contributed by atoms with E-state index in [4.69, 9.17) is 4.98 Å². The summed E-state index contributed by atoms with van der Waals surface area (Å²) in [4.78, 5) is 11.8. The summed E-state index contributed by atoms with van der Waals surface area (Å²) in [5.41, 5.74) is 4.90. The smallest absolute Gasteiger partial charge is 0.227 e. The lowest BCUT2D eigenvalue weighted by atomic mass is 10.00. The fraction of sp³-hybridized carbons (Fsp3) is 0.524. The van der Waals surface area contributed by atoms with Crippen LogP contribution in [0.4, 0.5) is 17.5 Å². The molecule has 0 unspecified atom stereocenters. The van der Waals surface area contributed by atoms with Crippen LogP contribution in [0.25, 0.3) is 0 Å². The third kappa shape index (κ3) is 4.12. The maximum Gasteiger partial charge on any atom is 0.227 e. The van der Waals surface area contributed by atoms with Gasteiger partial charge >= 0.3 is 0 Å². The predicted octanol–water partition coefficient (Wildman–Crippen LogP) is 4.89. The van der Waals surface area contributed by atoms with Gasteiger partial charge in [-0.1, -0.05) is 39.0 Å². The third-order valence-electron chi connectivity index (χ3n) is 5.16. The van der Waals surface area contributed by atoms with Crippen molar-refractivity contribution in [1.82, 2.24) is 9.97 Å². The van der Waals surface area contributed by atoms with Crippen molar-refractivity contribution in [2.45, 2.75) is 53.4 Å². The topological polar surface area (TPSA) is 41.1 Å². The molecule has 3 rings (SSSR count). The molecule has 2 aromatic rings. The second-order valence-electron chi connectivity index (χ2n) is 7.15. The molecular formula is C21H30N4. The molecular weight excluding hydrogens is 308 g/mol. The third-order valence-corrected chi connectivity index (χ3v) is 5.16. The lowest BCUT2D eigenvalue weighted by molar-refractivity contribution is 0.434. The van der Waals surface area contributed by atoms with E-state index in [0.29, 0.717) is 0 Å². The van der Waals surface area contributed by atoms with E-state index in [1.165, 1.54) is 29.7 Å². The molecule has 4 heteroatoms. The number of para-hydroxylation sites is 1. The average Bonchev–Trinajstić information content (AvgIpc) is 2.62. The van der Waals surface area contributed by atoms with Crippen molar-refractivity contribution in [3.63, 3.8) is 0 Å². The molecule has 1 aliphatic rings. The van der Waals surface area contributed by atoms with Gasteiger partial charge in [-0.3, -0.25) is 0 Å². The summed E-state index contributed by atoms with van der Waals surface area (Å²) in [6, 6.07) is 8.58. The lowest BCUT2D eigenvalue weighted by Crippen LogP contribution is -2.34. The molecule has 25 heavy (non-hydrogen) atoms. The van der Waals surface area contributed by atoms with Crippen LogP contribution >= 0.6 is 0 Å². The van der Waals surface area contributed by atoms with Crippen molar-refractivity contribution in [1.29, 1.82) is 0 Å². The zero-order valence-corrected chi connectivity index (χ0v) is 16.0. The van der Waals surface area contributed by atoms with Crippen LogP contribution in [0.3, 0.4) is 0 Å². The van der Waals surface area contributed by atoms with Crippen molar-refractivity contribution in [3.8, 4) is 0 Å². The number of anilines is 3. The summed E-state index contributed by atoms with van der Waals surface area (Å²) in [7, 11) is 0. The molecule has 2 heterocycles. The first-order valence-electron chi connectivity index (χ1n) is 9.59. The number of aromatic nitrogens is 2. The van der Waals surface area contributed by atoms with Crippen molar-refractivity contribution >= 4 is 17.5 Å². The van der Waals surface area contributed by atoms with Gasteiger partial charge in [-0.25, -0.2) is 4.98 Å². The molecule has 0 spiro atoms. The van der Waals surface area contributed by atoms with Crippen LogP contribution < -0.4 is 10.2 Å². The Labute approximate surface area is 151 Å². The highest BCUT2D eigenvalue weighted by molar-refractivity contribution is 5.66. The number of hydrogen-bond acceptors (Lipinski definition) is 4. The summed E-state index contributed by atoms with van der Waals surface area (Å²) in [5.74, 6) is 2.57. The van der Waals surface area contributed by atoms with Crippen molar-refractivity contribution in [2.24, 2.45) is 5.92 Å². The molecule has 1 aromatic heterocycles. The first-order valence-corrected chi connectivity index (χ1v) is 9.59. The van der Waals surface area contributed by atoms with E-state index in [9.17, 15) is 0 Å². The molecule has 0 amide bonds. The van der Waals surface area contributed by atoms with Gasteiger partial charge in [-0.15, -0.1) is 0 Å². The number of nitrogens with zero attached hydrogens (tertiary/aromatic N) is 3. The van der Waals surface area contributed by atoms with Crippen molar-refractivity contribution < 1.29 is 0 Å². The fourth-order valence-electron chi connectivity index (χ4n) is 3.50. The van der Waals surface area contributed by atoms with E-state index in [1.54, 1.807) is 0 Å². The van der Waals surface area contributed by atoms with Gasteiger partial charge in [0, 0.05) is 30.5 Å². The predicted molar refractivity (Wildman–Crippen MR) is 106 cm³/mol. The Hall–Kier alpha value is -2.10. The van der Waals surface area contributed by atoms with Crippen molar-refractivity contribution in [2.75, 3.05) is 23.3 Å². The second-order valence-corrected chi connectivity index (χ2v) is 7.15. The van der Waals surface area contributed by atoms with Crippen LogP contribution in [0, 0.1) is 12.8 Å². The Morgan fingerprint density at radius 1 is 1.08 bits per heavy atom. The van der Waals surface area contributed by atoms with E-state index >= 15 is 0 Å². The van der Waals surface area contributed by atoms with E-state index in [1.807, 2.05) is 6.07 Å². The maximum absolute atomic E-state index is 4.83. The van der Waals surface area contributed by atoms with E-state index < -0.39 is 0 Å². The Bertz CT molecular complexity index is 696. The lowest BCUT2D eigenvalue weighted by Gasteiger charge is -2.30. The highest BCUT2D eigenvalue weighted by Gasteiger charge is 2.19. The van der Waals surface area contributed by atoms with Crippen LogP contribution in [0.2, 0.25) is 0 Å². The summed E-state index contributed by atoms with van der Waals surface area (Å²) in [6.07, 6.45) is 4.46. The number of benzene rings is 1. The van der Waals surface area contributed by atoms with Gasteiger partial charge in [0.1, 0.15) is 5.82 Å². The number of piperidine rings is 1. The second kappa shape index (κ2) is 7.85. The largest absolute Gasteiger partial charge is 0.341 e. The highest BCUT2D eigenvalue weighted by atomic mass is 15.3. The Morgan fingerprint density at radius 3 is 2.32 bits per heavy atom. The summed E-state index contributed by atoms with van der Waals surface area (Å²) in [6.45, 7) is 10.9. The SMILES string of the molecule is CCc1cccc(CC)c1Nc1cc(C)nc(N2CCC(C)CC2)n1. The molecule has 1 N–H and O–H groups in total. The maximum atomic E-state index is 4.83. The molecule has 1 aromatic carbocycles. The van der Waals surface area contributed by atoms with Gasteiger partial charge in [-0.2, -0.15) is 4.98 Å². The Morgan fingerprint density at radius 2 is 1.72 bits per heavy atom. The number of nitrogens with one attached hydrogen (secondary N) is 1. The van der Waals surface area contributed by atoms with Crippen LogP contribution in [0.15, 0.2) is 24.3 Å². The summed E-state index contributed by atoms with van der Waals surface area (Å²) < 4.78 is 0. The standard InChI is InChI=1S/C21H30N4/c1-5-17-8-7-9-18(6-2)20(17)23-19-14-16(4)22-21(24-19)25-12-10-15(3)11-13-25/h7-9,14-15H,5-6,10-13H2,1-4H3,(H,22,23,24). The zero-order valence-electron chi connectivity index (χ0n) is 16.0. The monoisotopic (exact) mass is 338 g/mol. The molecule has 0 aliphatic carbocycles. The quantitative estimate of drug-likeness (QED) is 0.843. The highest BCUT2D eigenvalue weighted by Crippen LogP contribution is 2.27. The summed E-state index contributed by atoms with van der Waals surface area (Å²) in [5, 5.41) is 3.59. The zero-order chi connectivity index (χ0) is 17.8. The number of hydrogen-bond donors (Lipinski definition) is 1. The van der Waals surface area contributed by atoms with Gasteiger partial charge in [0.2, 0.25) is 5.95 Å². The molecule has 1 fully saturated rings. The molecule has 0 radical (unpaired) electrons. The van der Waals surface area contributed by atoms with Gasteiger partial charge < -0.3 is 10.2 Å². The minimum Gasteiger partial charge on any atom is -0.341 e. The van der Waals surface area contributed by atoms with Crippen LogP contribution in [0.5, 0.6) is 0 Å². The van der Waals surface area contributed by atoms with E-state index in [-0.39, 0.29) is 0 Å². The minimum atomic E-state index is 0.808. The van der Waals surface area contributed by atoms with Crippen LogP contribution in [-0.2, 0) is 12.8 Å². The molecule has 1 saturated heterocycles. The van der Waals surface area contributed by atoms with Gasteiger partial charge in [0.25, 0.3) is 0 Å². The number of rotatable bonds is 5. The van der Waals surface area contributed by atoms with Gasteiger partial charge in [0.15, 0.2) is 0 Å².